The normalized spacial score (nSPS) is 19.5. The molecule has 0 saturated carbocycles. The monoisotopic (exact) mass is 356 g/mol. The Morgan fingerprint density at radius 2 is 2.22 bits per heavy atom. The Kier molecular flexibility index (Phi) is 5.65. The average molecular weight is 357 g/mol. The van der Waals surface area contributed by atoms with Gasteiger partial charge in [-0.05, 0) is 61.8 Å². The first kappa shape index (κ1) is 18.2. The standard InChI is InChI=1S/C17H21FN2OS.ClH/c1-10-14-8-13(18)5-6-15(14)22-16(10)17(21)20-7-3-4-12(9-20)11(2)19;/h5-6,8,11-12H,3-4,7,9,19H2,1-2H3;1H. The summed E-state index contributed by atoms with van der Waals surface area (Å²) in [5.41, 5.74) is 6.88. The van der Waals surface area contributed by atoms with Crippen LogP contribution in [0, 0.1) is 18.7 Å². The number of nitrogens with two attached hydrogens (primary N) is 1. The fraction of sp³-hybridized carbons (Fsp3) is 0.471. The molecule has 2 aromatic rings. The molecule has 2 atom stereocenters. The smallest absolute Gasteiger partial charge is 0.264 e. The molecule has 3 rings (SSSR count). The third kappa shape index (κ3) is 3.52. The first-order valence-corrected chi connectivity index (χ1v) is 8.52. The maximum absolute atomic E-state index is 13.4. The molecule has 1 aromatic heterocycles. The number of benzene rings is 1. The first-order chi connectivity index (χ1) is 10.5. The van der Waals surface area contributed by atoms with E-state index in [0.29, 0.717) is 5.92 Å². The van der Waals surface area contributed by atoms with E-state index in [1.54, 1.807) is 6.07 Å². The van der Waals surface area contributed by atoms with E-state index < -0.39 is 0 Å². The third-order valence-corrected chi connectivity index (χ3v) is 5.84. The number of aryl methyl sites for hydroxylation is 1. The summed E-state index contributed by atoms with van der Waals surface area (Å²) in [4.78, 5) is 15.5. The summed E-state index contributed by atoms with van der Waals surface area (Å²) < 4.78 is 14.4. The number of piperidine rings is 1. The van der Waals surface area contributed by atoms with Crippen molar-refractivity contribution in [2.75, 3.05) is 13.1 Å². The SMILES string of the molecule is Cc1c(C(=O)N2CCCC(C(C)N)C2)sc2ccc(F)cc12.Cl. The van der Waals surface area contributed by atoms with Crippen molar-refractivity contribution in [2.24, 2.45) is 11.7 Å². The van der Waals surface area contributed by atoms with Gasteiger partial charge in [-0.15, -0.1) is 23.7 Å². The van der Waals surface area contributed by atoms with E-state index >= 15 is 0 Å². The zero-order valence-electron chi connectivity index (χ0n) is 13.3. The highest BCUT2D eigenvalue weighted by Gasteiger charge is 2.28. The van der Waals surface area contributed by atoms with Crippen molar-refractivity contribution in [3.8, 4) is 0 Å². The van der Waals surface area contributed by atoms with Gasteiger partial charge in [-0.25, -0.2) is 4.39 Å². The number of rotatable bonds is 2. The number of nitrogens with zero attached hydrogens (tertiary/aromatic N) is 1. The number of carbonyl (C=O) groups excluding carboxylic acids is 1. The number of halogens is 2. The van der Waals surface area contributed by atoms with Gasteiger partial charge in [0.15, 0.2) is 0 Å². The summed E-state index contributed by atoms with van der Waals surface area (Å²) in [6.45, 7) is 5.41. The molecule has 23 heavy (non-hydrogen) atoms. The predicted octanol–water partition coefficient (Wildman–Crippen LogP) is 3.97. The van der Waals surface area contributed by atoms with Gasteiger partial charge in [-0.3, -0.25) is 4.79 Å². The van der Waals surface area contributed by atoms with Crippen LogP contribution in [0.5, 0.6) is 0 Å². The molecule has 1 amide bonds. The van der Waals surface area contributed by atoms with Gasteiger partial charge in [0.1, 0.15) is 5.82 Å². The molecular formula is C17H22ClFN2OS. The highest BCUT2D eigenvalue weighted by Crippen LogP contribution is 2.33. The van der Waals surface area contributed by atoms with Crippen LogP contribution in [0.3, 0.4) is 0 Å². The molecule has 3 nitrogen and oxygen atoms in total. The minimum Gasteiger partial charge on any atom is -0.338 e. The summed E-state index contributed by atoms with van der Waals surface area (Å²) in [5, 5.41) is 0.842. The molecule has 2 unspecified atom stereocenters. The third-order valence-electron chi connectivity index (χ3n) is 4.58. The van der Waals surface area contributed by atoms with Crippen LogP contribution in [-0.2, 0) is 0 Å². The van der Waals surface area contributed by atoms with Crippen molar-refractivity contribution in [3.05, 3.63) is 34.5 Å². The highest BCUT2D eigenvalue weighted by molar-refractivity contribution is 7.21. The Hall–Kier alpha value is -1.17. The van der Waals surface area contributed by atoms with Crippen molar-refractivity contribution in [2.45, 2.75) is 32.7 Å². The quantitative estimate of drug-likeness (QED) is 0.884. The Bertz CT molecular complexity index is 716. The van der Waals surface area contributed by atoms with E-state index in [1.807, 2.05) is 18.7 Å². The van der Waals surface area contributed by atoms with Gasteiger partial charge in [0.05, 0.1) is 4.88 Å². The van der Waals surface area contributed by atoms with Gasteiger partial charge in [-0.2, -0.15) is 0 Å². The molecule has 2 N–H and O–H groups in total. The Balaban J connectivity index is 0.00000192. The van der Waals surface area contributed by atoms with Crippen LogP contribution in [0.4, 0.5) is 4.39 Å². The van der Waals surface area contributed by atoms with E-state index in [-0.39, 0.29) is 30.2 Å². The number of likely N-dealkylation sites (tertiary alicyclic amines) is 1. The summed E-state index contributed by atoms with van der Waals surface area (Å²) in [5.74, 6) is 0.164. The molecule has 0 spiro atoms. The maximum Gasteiger partial charge on any atom is 0.264 e. The maximum atomic E-state index is 13.4. The summed E-state index contributed by atoms with van der Waals surface area (Å²) in [6, 6.07) is 4.81. The number of hydrogen-bond acceptors (Lipinski definition) is 3. The molecule has 1 fully saturated rings. The fourth-order valence-electron chi connectivity index (χ4n) is 3.16. The molecule has 0 radical (unpaired) electrons. The molecule has 6 heteroatoms. The molecule has 1 saturated heterocycles. The number of fused-ring (bicyclic) bond motifs is 1. The highest BCUT2D eigenvalue weighted by atomic mass is 35.5. The van der Waals surface area contributed by atoms with Gasteiger partial charge in [0, 0.05) is 23.8 Å². The largest absolute Gasteiger partial charge is 0.338 e. The molecule has 2 heterocycles. The second-order valence-electron chi connectivity index (χ2n) is 6.21. The van der Waals surface area contributed by atoms with E-state index in [4.69, 9.17) is 5.73 Å². The van der Waals surface area contributed by atoms with Gasteiger partial charge in [-0.1, -0.05) is 0 Å². The second kappa shape index (κ2) is 7.16. The molecule has 0 bridgehead atoms. The molecule has 1 aliphatic rings. The molecular weight excluding hydrogens is 335 g/mol. The lowest BCUT2D eigenvalue weighted by Gasteiger charge is -2.34. The van der Waals surface area contributed by atoms with Gasteiger partial charge in [0.2, 0.25) is 0 Å². The van der Waals surface area contributed by atoms with Crippen LogP contribution in [0.25, 0.3) is 10.1 Å². The fourth-order valence-corrected chi connectivity index (χ4v) is 4.32. The van der Waals surface area contributed by atoms with Crippen molar-refractivity contribution in [1.29, 1.82) is 0 Å². The van der Waals surface area contributed by atoms with Gasteiger partial charge in [0.25, 0.3) is 5.91 Å². The Labute approximate surface area is 146 Å². The van der Waals surface area contributed by atoms with Crippen molar-refractivity contribution in [1.82, 2.24) is 4.90 Å². The number of hydrogen-bond donors (Lipinski definition) is 1. The lowest BCUT2D eigenvalue weighted by Crippen LogP contribution is -2.45. The summed E-state index contributed by atoms with van der Waals surface area (Å²) >= 11 is 1.45. The van der Waals surface area contributed by atoms with Gasteiger partial charge < -0.3 is 10.6 Å². The number of carbonyl (C=O) groups is 1. The molecule has 126 valence electrons. The van der Waals surface area contributed by atoms with Gasteiger partial charge >= 0.3 is 0 Å². The lowest BCUT2D eigenvalue weighted by atomic mass is 9.92. The zero-order chi connectivity index (χ0) is 15.9. The zero-order valence-corrected chi connectivity index (χ0v) is 15.0. The molecule has 1 aromatic carbocycles. The minimum absolute atomic E-state index is 0. The van der Waals surface area contributed by atoms with Crippen LogP contribution >= 0.6 is 23.7 Å². The summed E-state index contributed by atoms with van der Waals surface area (Å²) in [7, 11) is 0. The van der Waals surface area contributed by atoms with Crippen molar-refractivity contribution >= 4 is 39.7 Å². The predicted molar refractivity (Wildman–Crippen MR) is 96.0 cm³/mol. The van der Waals surface area contributed by atoms with Crippen LogP contribution in [0.2, 0.25) is 0 Å². The second-order valence-corrected chi connectivity index (χ2v) is 7.26. The number of thiophene rings is 1. The van der Waals surface area contributed by atoms with E-state index in [9.17, 15) is 9.18 Å². The van der Waals surface area contributed by atoms with Crippen LogP contribution in [0.15, 0.2) is 18.2 Å². The molecule has 1 aliphatic heterocycles. The van der Waals surface area contributed by atoms with Crippen molar-refractivity contribution < 1.29 is 9.18 Å². The van der Waals surface area contributed by atoms with Crippen molar-refractivity contribution in [3.63, 3.8) is 0 Å². The Morgan fingerprint density at radius 1 is 1.48 bits per heavy atom. The van der Waals surface area contributed by atoms with Crippen LogP contribution in [-0.4, -0.2) is 29.9 Å². The molecule has 0 aliphatic carbocycles. The summed E-state index contributed by atoms with van der Waals surface area (Å²) in [6.07, 6.45) is 2.08. The number of amides is 1. The topological polar surface area (TPSA) is 46.3 Å². The Morgan fingerprint density at radius 3 is 2.91 bits per heavy atom. The average Bonchev–Trinajstić information content (AvgIpc) is 2.83. The minimum atomic E-state index is -0.262. The van der Waals surface area contributed by atoms with E-state index in [1.165, 1.54) is 23.5 Å². The van der Waals surface area contributed by atoms with E-state index in [0.717, 1.165) is 46.5 Å². The van der Waals surface area contributed by atoms with Crippen LogP contribution in [0.1, 0.15) is 35.0 Å². The van der Waals surface area contributed by atoms with E-state index in [2.05, 4.69) is 0 Å². The van der Waals surface area contributed by atoms with Crippen LogP contribution < -0.4 is 5.73 Å². The first-order valence-electron chi connectivity index (χ1n) is 7.71. The lowest BCUT2D eigenvalue weighted by molar-refractivity contribution is 0.0665.